The zero-order chi connectivity index (χ0) is 38.4. The van der Waals surface area contributed by atoms with Gasteiger partial charge in [0.1, 0.15) is 37.9 Å². The molecule has 1 aliphatic rings. The third-order valence-electron chi connectivity index (χ3n) is 9.80. The van der Waals surface area contributed by atoms with Gasteiger partial charge in [0.15, 0.2) is 0 Å². The average Bonchev–Trinajstić information content (AvgIpc) is 3.52. The molecule has 0 amide bonds. The molecule has 0 saturated carbocycles. The number of carbonyl (C=O) groups excluding carboxylic acids is 2. The van der Waals surface area contributed by atoms with Crippen LogP contribution in [0.5, 0.6) is 11.5 Å². The molecule has 0 bridgehead atoms. The molecule has 6 aromatic rings. The van der Waals surface area contributed by atoms with Crippen molar-refractivity contribution in [2.45, 2.75) is 29.8 Å². The molecule has 6 aromatic carbocycles. The Morgan fingerprint density at radius 2 is 0.873 bits per heavy atom. The second-order valence-corrected chi connectivity index (χ2v) is 14.9. The molecule has 0 aromatic heterocycles. The highest BCUT2D eigenvalue weighted by Crippen LogP contribution is 2.57. The second-order valence-electron chi connectivity index (χ2n) is 13.4. The van der Waals surface area contributed by atoms with Gasteiger partial charge < -0.3 is 18.9 Å². The maximum atomic E-state index is 12.2. The van der Waals surface area contributed by atoms with E-state index in [9.17, 15) is 9.59 Å². The van der Waals surface area contributed by atoms with Crippen LogP contribution in [0, 0.1) is 0 Å². The van der Waals surface area contributed by atoms with E-state index in [2.05, 4.69) is 134 Å². The molecule has 2 unspecified atom stereocenters. The molecule has 0 saturated heterocycles. The predicted octanol–water partition coefficient (Wildman–Crippen LogP) is 9.86. The summed E-state index contributed by atoms with van der Waals surface area (Å²) in [5, 5.41) is -1.06. The van der Waals surface area contributed by atoms with Crippen molar-refractivity contribution in [2.75, 3.05) is 26.4 Å². The molecular formula is C47H42O6S2. The number of hydrogen-bond donors (Lipinski definition) is 2. The smallest absolute Gasteiger partial charge is 0.318 e. The van der Waals surface area contributed by atoms with Crippen LogP contribution < -0.4 is 9.47 Å². The lowest BCUT2D eigenvalue weighted by Crippen LogP contribution is -2.29. The zero-order valence-electron chi connectivity index (χ0n) is 30.7. The van der Waals surface area contributed by atoms with Crippen LogP contribution in [-0.2, 0) is 24.5 Å². The maximum Gasteiger partial charge on any atom is 0.318 e. The van der Waals surface area contributed by atoms with Crippen molar-refractivity contribution >= 4 is 37.2 Å². The number of fused-ring (bicyclic) bond motifs is 3. The lowest BCUT2D eigenvalue weighted by Gasteiger charge is -2.35. The van der Waals surface area contributed by atoms with E-state index in [1.54, 1.807) is 13.8 Å². The first-order valence-electron chi connectivity index (χ1n) is 18.3. The van der Waals surface area contributed by atoms with Crippen molar-refractivity contribution in [2.24, 2.45) is 0 Å². The Balaban J connectivity index is 1.40. The number of carbonyl (C=O) groups is 2. The van der Waals surface area contributed by atoms with E-state index in [0.29, 0.717) is 11.5 Å². The summed E-state index contributed by atoms with van der Waals surface area (Å²) >= 11 is 8.42. The molecular weight excluding hydrogens is 725 g/mol. The largest absolute Gasteiger partial charge is 0.489 e. The Labute approximate surface area is 333 Å². The van der Waals surface area contributed by atoms with Gasteiger partial charge in [0.2, 0.25) is 0 Å². The highest BCUT2D eigenvalue weighted by atomic mass is 32.1. The summed E-state index contributed by atoms with van der Waals surface area (Å²) in [6, 6.07) is 50.1. The molecule has 8 heteroatoms. The van der Waals surface area contributed by atoms with Gasteiger partial charge in [-0.3, -0.25) is 9.59 Å². The molecule has 0 fully saturated rings. The van der Waals surface area contributed by atoms with Gasteiger partial charge in [-0.25, -0.2) is 0 Å². The Morgan fingerprint density at radius 3 is 1.27 bits per heavy atom. The molecule has 0 radical (unpaired) electrons. The minimum Gasteiger partial charge on any atom is -0.489 e. The predicted molar refractivity (Wildman–Crippen MR) is 224 cm³/mol. The van der Waals surface area contributed by atoms with E-state index < -0.39 is 27.9 Å². The number of rotatable bonds is 14. The summed E-state index contributed by atoms with van der Waals surface area (Å²) in [7, 11) is 0. The third kappa shape index (κ3) is 7.75. The number of esters is 2. The summed E-state index contributed by atoms with van der Waals surface area (Å²) in [5.74, 6) is 0.539. The fourth-order valence-electron chi connectivity index (χ4n) is 7.32. The summed E-state index contributed by atoms with van der Waals surface area (Å²) < 4.78 is 23.9. The number of ether oxygens (including phenoxy) is 4. The van der Waals surface area contributed by atoms with E-state index in [0.717, 1.165) is 55.6 Å². The molecule has 2 atom stereocenters. The maximum absolute atomic E-state index is 12.2. The standard InChI is InChI=1S/C47H42O6S2/c1-31(54)45(48)52-27-25-50-43-29-35(21-23-37(43)33-13-5-3-6-14-33)47(41-19-11-9-17-39(41)40-18-10-12-20-42(40)47)36-22-24-38(34-15-7-4-8-16-34)44(30-36)51-26-28-53-46(49)32(2)55/h3-24,29-32,54-55H,25-28H2,1-2H3. The van der Waals surface area contributed by atoms with Crippen molar-refractivity contribution in [1.82, 2.24) is 0 Å². The molecule has 278 valence electrons. The molecule has 6 nitrogen and oxygen atoms in total. The van der Waals surface area contributed by atoms with Crippen LogP contribution >= 0.6 is 25.3 Å². The van der Waals surface area contributed by atoms with Crippen molar-refractivity contribution in [3.8, 4) is 44.9 Å². The molecule has 0 spiro atoms. The molecule has 1 aliphatic carbocycles. The Hall–Kier alpha value is -5.44. The van der Waals surface area contributed by atoms with Crippen LogP contribution in [0.3, 0.4) is 0 Å². The zero-order valence-corrected chi connectivity index (χ0v) is 32.5. The van der Waals surface area contributed by atoms with Crippen LogP contribution in [0.2, 0.25) is 0 Å². The quantitative estimate of drug-likeness (QED) is 0.0653. The van der Waals surface area contributed by atoms with Gasteiger partial charge in [-0.2, -0.15) is 25.3 Å². The topological polar surface area (TPSA) is 71.1 Å². The second kappa shape index (κ2) is 16.9. The number of hydrogen-bond acceptors (Lipinski definition) is 8. The van der Waals surface area contributed by atoms with Gasteiger partial charge in [0.05, 0.1) is 15.9 Å². The van der Waals surface area contributed by atoms with Gasteiger partial charge in [0, 0.05) is 11.1 Å². The van der Waals surface area contributed by atoms with Gasteiger partial charge in [0.25, 0.3) is 0 Å². The number of benzene rings is 6. The monoisotopic (exact) mass is 766 g/mol. The van der Waals surface area contributed by atoms with Crippen molar-refractivity contribution < 1.29 is 28.5 Å². The van der Waals surface area contributed by atoms with E-state index in [-0.39, 0.29) is 26.4 Å². The van der Waals surface area contributed by atoms with Gasteiger partial charge in [-0.15, -0.1) is 0 Å². The normalized spacial score (nSPS) is 13.5. The summed E-state index contributed by atoms with van der Waals surface area (Å²) in [6.45, 7) is 3.86. The van der Waals surface area contributed by atoms with E-state index in [4.69, 9.17) is 18.9 Å². The summed E-state index contributed by atoms with van der Waals surface area (Å²) in [6.07, 6.45) is 0. The Kier molecular flexibility index (Phi) is 11.6. The van der Waals surface area contributed by atoms with Crippen LogP contribution in [0.25, 0.3) is 33.4 Å². The van der Waals surface area contributed by atoms with Crippen LogP contribution in [0.15, 0.2) is 146 Å². The summed E-state index contributed by atoms with van der Waals surface area (Å²) in [4.78, 5) is 24.4. The Bertz CT molecular complexity index is 2120. The van der Waals surface area contributed by atoms with Crippen molar-refractivity contribution in [1.29, 1.82) is 0 Å². The van der Waals surface area contributed by atoms with Crippen LogP contribution in [0.4, 0.5) is 0 Å². The first-order chi connectivity index (χ1) is 26.8. The van der Waals surface area contributed by atoms with E-state index in [1.165, 1.54) is 0 Å². The molecule has 55 heavy (non-hydrogen) atoms. The molecule has 7 rings (SSSR count). The lowest BCUT2D eigenvalue weighted by molar-refractivity contribution is -0.144. The first kappa shape index (κ1) is 37.9. The van der Waals surface area contributed by atoms with Crippen molar-refractivity contribution in [3.05, 3.63) is 168 Å². The number of thiol groups is 2. The third-order valence-corrected chi connectivity index (χ3v) is 10.2. The van der Waals surface area contributed by atoms with E-state index in [1.807, 2.05) is 36.4 Å². The first-order valence-corrected chi connectivity index (χ1v) is 19.4. The molecule has 0 aliphatic heterocycles. The van der Waals surface area contributed by atoms with Gasteiger partial charge >= 0.3 is 11.9 Å². The summed E-state index contributed by atoms with van der Waals surface area (Å²) in [5.41, 5.74) is 9.59. The lowest BCUT2D eigenvalue weighted by atomic mass is 9.67. The fraction of sp³-hybridized carbons (Fsp3) is 0.191. The van der Waals surface area contributed by atoms with Crippen LogP contribution in [0.1, 0.15) is 36.1 Å². The van der Waals surface area contributed by atoms with Crippen molar-refractivity contribution in [3.63, 3.8) is 0 Å². The fourth-order valence-corrected chi connectivity index (χ4v) is 7.46. The Morgan fingerprint density at radius 1 is 0.491 bits per heavy atom. The average molecular weight is 767 g/mol. The minimum absolute atomic E-state index is 0.0862. The molecule has 0 N–H and O–H groups in total. The molecule has 0 heterocycles. The highest BCUT2D eigenvalue weighted by molar-refractivity contribution is 7.82. The van der Waals surface area contributed by atoms with Gasteiger partial charge in [-0.05, 0) is 70.5 Å². The SMILES string of the molecule is CC(S)C(=O)OCCOc1cc(C2(c3ccc(-c4ccccc4)c(OCCOC(=O)C(C)S)c3)c3ccccc3-c3ccccc32)ccc1-c1ccccc1. The van der Waals surface area contributed by atoms with Crippen LogP contribution in [-0.4, -0.2) is 48.9 Å². The minimum atomic E-state index is -0.782. The van der Waals surface area contributed by atoms with Gasteiger partial charge in [-0.1, -0.05) is 133 Å². The van der Waals surface area contributed by atoms with E-state index >= 15 is 0 Å². The highest BCUT2D eigenvalue weighted by Gasteiger charge is 2.46.